The van der Waals surface area contributed by atoms with E-state index in [9.17, 15) is 9.18 Å². The van der Waals surface area contributed by atoms with Crippen LogP contribution in [0.1, 0.15) is 22.3 Å². The van der Waals surface area contributed by atoms with Crippen molar-refractivity contribution in [2.45, 2.75) is 12.0 Å². The zero-order valence-corrected chi connectivity index (χ0v) is 19.8. The molecule has 168 valence electrons. The maximum atomic E-state index is 15.2. The second-order valence-corrected chi connectivity index (χ2v) is 10.1. The van der Waals surface area contributed by atoms with Crippen LogP contribution < -0.4 is 4.90 Å². The molecule has 3 aromatic rings. The third kappa shape index (κ3) is 4.31. The van der Waals surface area contributed by atoms with E-state index < -0.39 is 11.4 Å². The molecule has 1 aromatic heterocycles. The molecule has 3 heterocycles. The Hall–Kier alpha value is -2.65. The molecule has 0 radical (unpaired) electrons. The highest BCUT2D eigenvalue weighted by molar-refractivity contribution is 9.10. The van der Waals surface area contributed by atoms with Crippen molar-refractivity contribution in [1.82, 2.24) is 9.97 Å². The number of nitrogens with zero attached hydrogens (tertiary/aromatic N) is 4. The van der Waals surface area contributed by atoms with E-state index in [0.29, 0.717) is 41.0 Å². The molecule has 33 heavy (non-hydrogen) atoms. The number of carbonyl (C=O) groups is 1. The number of ketones is 1. The first-order valence-corrected chi connectivity index (χ1v) is 12.2. The Kier molecular flexibility index (Phi) is 6.01. The Balaban J connectivity index is 1.54. The maximum Gasteiger partial charge on any atom is 0.225 e. The number of anilines is 1. The standard InChI is InChI=1S/C24H19BrF2N4OS/c25-17-6-7-20(27)19(8-17)24-14-31(23-28-10-18(26)11-29-23)12-16(24)13-33-22(30-24)9-21(32)15-4-2-1-3-5-15/h1-8,10-11,16H,9,12-14H2/t16-,24-/m1/s1. The highest BCUT2D eigenvalue weighted by Gasteiger charge is 2.52. The zero-order chi connectivity index (χ0) is 23.0. The van der Waals surface area contributed by atoms with Crippen LogP contribution in [-0.4, -0.2) is 39.6 Å². The van der Waals surface area contributed by atoms with Crippen LogP contribution in [0, 0.1) is 17.6 Å². The normalized spacial score (nSPS) is 22.1. The quantitative estimate of drug-likeness (QED) is 0.422. The Morgan fingerprint density at radius 3 is 2.67 bits per heavy atom. The molecular weight excluding hydrogens is 510 g/mol. The number of hydrogen-bond acceptors (Lipinski definition) is 6. The molecule has 0 amide bonds. The molecule has 0 bridgehead atoms. The number of Topliss-reactive ketones (excluding diaryl/α,β-unsaturated/α-hetero) is 1. The molecule has 2 aliphatic rings. The second kappa shape index (κ2) is 8.95. The molecule has 5 rings (SSSR count). The fraction of sp³-hybridized carbons (Fsp3) is 0.250. The number of fused-ring (bicyclic) bond motifs is 1. The van der Waals surface area contributed by atoms with E-state index in [-0.39, 0.29) is 23.9 Å². The lowest BCUT2D eigenvalue weighted by atomic mass is 9.81. The lowest BCUT2D eigenvalue weighted by molar-refractivity contribution is 0.100. The van der Waals surface area contributed by atoms with Crippen LogP contribution in [0.4, 0.5) is 14.7 Å². The summed E-state index contributed by atoms with van der Waals surface area (Å²) in [5.74, 6) is 0.123. The average molecular weight is 529 g/mol. The average Bonchev–Trinajstić information content (AvgIpc) is 3.21. The molecule has 2 atom stereocenters. The van der Waals surface area contributed by atoms with Gasteiger partial charge in [0.25, 0.3) is 0 Å². The first-order chi connectivity index (χ1) is 15.9. The summed E-state index contributed by atoms with van der Waals surface area (Å²) in [7, 11) is 0. The van der Waals surface area contributed by atoms with E-state index in [0.717, 1.165) is 16.9 Å². The SMILES string of the molecule is O=C(CC1=N[C@]2(c3cc(Br)ccc3F)CN(c3ncc(F)cn3)C[C@@H]2CS1)c1ccccc1. The van der Waals surface area contributed by atoms with Crippen LogP contribution in [0.3, 0.4) is 0 Å². The van der Waals surface area contributed by atoms with E-state index in [1.54, 1.807) is 24.3 Å². The number of hydrogen-bond donors (Lipinski definition) is 0. The largest absolute Gasteiger partial charge is 0.338 e. The summed E-state index contributed by atoms with van der Waals surface area (Å²) in [5, 5.41) is 0.682. The summed E-state index contributed by atoms with van der Waals surface area (Å²) in [6, 6.07) is 13.9. The predicted octanol–water partition coefficient (Wildman–Crippen LogP) is 5.27. The van der Waals surface area contributed by atoms with Crippen LogP contribution in [0.15, 0.2) is 70.4 Å². The molecule has 2 aliphatic heterocycles. The summed E-state index contributed by atoms with van der Waals surface area (Å²) in [5.41, 5.74) is 0.193. The summed E-state index contributed by atoms with van der Waals surface area (Å²) in [6.45, 7) is 0.883. The van der Waals surface area contributed by atoms with Gasteiger partial charge in [-0.1, -0.05) is 46.3 Å². The summed E-state index contributed by atoms with van der Waals surface area (Å²) in [6.07, 6.45) is 2.41. The van der Waals surface area contributed by atoms with Gasteiger partial charge in [-0.05, 0) is 18.2 Å². The van der Waals surface area contributed by atoms with Crippen molar-refractivity contribution in [1.29, 1.82) is 0 Å². The van der Waals surface area contributed by atoms with Gasteiger partial charge in [0.05, 0.1) is 30.4 Å². The van der Waals surface area contributed by atoms with Crippen molar-refractivity contribution in [2.24, 2.45) is 10.9 Å². The molecule has 2 aromatic carbocycles. The third-order valence-corrected chi connectivity index (χ3v) is 7.65. The van der Waals surface area contributed by atoms with E-state index >= 15 is 4.39 Å². The van der Waals surface area contributed by atoms with E-state index in [1.807, 2.05) is 23.1 Å². The molecule has 1 saturated heterocycles. The molecule has 0 unspecified atom stereocenters. The molecule has 0 N–H and O–H groups in total. The topological polar surface area (TPSA) is 58.5 Å². The minimum atomic E-state index is -0.900. The van der Waals surface area contributed by atoms with Gasteiger partial charge in [-0.15, -0.1) is 11.8 Å². The van der Waals surface area contributed by atoms with Crippen LogP contribution in [0.5, 0.6) is 0 Å². The van der Waals surface area contributed by atoms with Crippen LogP contribution in [0.2, 0.25) is 0 Å². The van der Waals surface area contributed by atoms with Crippen molar-refractivity contribution >= 4 is 44.5 Å². The number of thioether (sulfide) groups is 1. The third-order valence-electron chi connectivity index (χ3n) is 6.02. The van der Waals surface area contributed by atoms with Gasteiger partial charge in [-0.25, -0.2) is 18.7 Å². The molecule has 1 fully saturated rings. The Labute approximate surface area is 202 Å². The van der Waals surface area contributed by atoms with E-state index in [4.69, 9.17) is 4.99 Å². The smallest absolute Gasteiger partial charge is 0.225 e. The molecule has 0 spiro atoms. The molecule has 5 nitrogen and oxygen atoms in total. The molecule has 9 heteroatoms. The lowest BCUT2D eigenvalue weighted by Crippen LogP contribution is -2.39. The van der Waals surface area contributed by atoms with Crippen molar-refractivity contribution in [3.05, 3.63) is 88.2 Å². The summed E-state index contributed by atoms with van der Waals surface area (Å²) >= 11 is 4.99. The highest BCUT2D eigenvalue weighted by atomic mass is 79.9. The Morgan fingerprint density at radius 1 is 1.15 bits per heavy atom. The monoisotopic (exact) mass is 528 g/mol. The predicted molar refractivity (Wildman–Crippen MR) is 129 cm³/mol. The van der Waals surface area contributed by atoms with Gasteiger partial charge in [0.1, 0.15) is 11.4 Å². The maximum absolute atomic E-state index is 15.2. The van der Waals surface area contributed by atoms with Gasteiger partial charge in [-0.3, -0.25) is 9.79 Å². The number of carbonyl (C=O) groups excluding carboxylic acids is 1. The number of aromatic nitrogens is 2. The van der Waals surface area contributed by atoms with Crippen LogP contribution >= 0.6 is 27.7 Å². The number of aliphatic imine (C=N–C) groups is 1. The molecule has 0 aliphatic carbocycles. The minimum Gasteiger partial charge on any atom is -0.338 e. The van der Waals surface area contributed by atoms with Crippen LogP contribution in [0.25, 0.3) is 0 Å². The minimum absolute atomic E-state index is 0.0260. The highest BCUT2D eigenvalue weighted by Crippen LogP contribution is 2.48. The zero-order valence-electron chi connectivity index (χ0n) is 17.4. The molecular formula is C24H19BrF2N4OS. The van der Waals surface area contributed by atoms with E-state index in [2.05, 4.69) is 25.9 Å². The summed E-state index contributed by atoms with van der Waals surface area (Å²) in [4.78, 5) is 28.0. The van der Waals surface area contributed by atoms with Gasteiger partial charge in [0, 0.05) is 33.8 Å². The van der Waals surface area contributed by atoms with Crippen molar-refractivity contribution in [3.8, 4) is 0 Å². The summed E-state index contributed by atoms with van der Waals surface area (Å²) < 4.78 is 29.3. The van der Waals surface area contributed by atoms with Crippen molar-refractivity contribution < 1.29 is 13.6 Å². The van der Waals surface area contributed by atoms with Crippen LogP contribution in [-0.2, 0) is 5.54 Å². The Bertz CT molecular complexity index is 1220. The van der Waals surface area contributed by atoms with Gasteiger partial charge in [0.15, 0.2) is 11.6 Å². The first kappa shape index (κ1) is 22.2. The first-order valence-electron chi connectivity index (χ1n) is 10.4. The van der Waals surface area contributed by atoms with Crippen molar-refractivity contribution in [2.75, 3.05) is 23.7 Å². The van der Waals surface area contributed by atoms with Gasteiger partial charge in [0.2, 0.25) is 5.95 Å². The second-order valence-electron chi connectivity index (χ2n) is 8.11. The number of benzene rings is 2. The number of rotatable bonds is 5. The molecule has 0 saturated carbocycles. The van der Waals surface area contributed by atoms with Gasteiger partial charge < -0.3 is 4.90 Å². The lowest BCUT2D eigenvalue weighted by Gasteiger charge is -2.35. The van der Waals surface area contributed by atoms with Crippen molar-refractivity contribution in [3.63, 3.8) is 0 Å². The Morgan fingerprint density at radius 2 is 1.91 bits per heavy atom. The van der Waals surface area contributed by atoms with Gasteiger partial charge in [-0.2, -0.15) is 0 Å². The fourth-order valence-electron chi connectivity index (χ4n) is 4.44. The van der Waals surface area contributed by atoms with E-state index in [1.165, 1.54) is 17.8 Å². The number of halogens is 3. The fourth-order valence-corrected chi connectivity index (χ4v) is 6.04. The van der Waals surface area contributed by atoms with Gasteiger partial charge >= 0.3 is 0 Å².